The van der Waals surface area contributed by atoms with Gasteiger partial charge in [0.2, 0.25) is 0 Å². The molecule has 6 heteroatoms. The lowest BCUT2D eigenvalue weighted by molar-refractivity contribution is -0.870. The van der Waals surface area contributed by atoms with Gasteiger partial charge in [0.1, 0.15) is 13.2 Å². The maximum absolute atomic E-state index is 11.6. The van der Waals surface area contributed by atoms with E-state index in [0.29, 0.717) is 17.4 Å². The summed E-state index contributed by atoms with van der Waals surface area (Å²) in [7, 11) is 2.04. The predicted molar refractivity (Wildman–Crippen MR) is 74.8 cm³/mol. The van der Waals surface area contributed by atoms with Gasteiger partial charge in [-0.2, -0.15) is 0 Å². The van der Waals surface area contributed by atoms with Crippen LogP contribution in [-0.4, -0.2) is 50.3 Å². The Morgan fingerprint density at radius 3 is 2.26 bits per heavy atom. The molecule has 0 fully saturated rings. The van der Waals surface area contributed by atoms with E-state index in [4.69, 9.17) is 9.05 Å². The van der Waals surface area contributed by atoms with Crippen LogP contribution in [0.5, 0.6) is 0 Å². The van der Waals surface area contributed by atoms with E-state index in [1.165, 1.54) is 0 Å². The second-order valence-electron chi connectivity index (χ2n) is 5.38. The fourth-order valence-corrected chi connectivity index (χ4v) is 2.10. The van der Waals surface area contributed by atoms with Crippen LogP contribution in [-0.2, 0) is 20.0 Å². The van der Waals surface area contributed by atoms with Crippen LogP contribution in [0.4, 0.5) is 0 Å². The molecule has 0 aliphatic rings. The molecule has 108 valence electrons. The molecule has 0 heterocycles. The first-order valence-electron chi connectivity index (χ1n) is 6.25. The predicted octanol–water partition coefficient (Wildman–Crippen LogP) is 2.07. The summed E-state index contributed by atoms with van der Waals surface area (Å²) in [5.74, 6) is 0. The van der Waals surface area contributed by atoms with Crippen molar-refractivity contribution in [1.82, 2.24) is 0 Å². The highest BCUT2D eigenvalue weighted by Gasteiger charge is 2.22. The van der Waals surface area contributed by atoms with Gasteiger partial charge in [-0.1, -0.05) is 30.3 Å². The largest absolute Gasteiger partial charge is 0.472 e. The van der Waals surface area contributed by atoms with E-state index >= 15 is 0 Å². The second kappa shape index (κ2) is 7.17. The third-order valence-electron chi connectivity index (χ3n) is 2.50. The average Bonchev–Trinajstić information content (AvgIpc) is 2.28. The Kier molecular flexibility index (Phi) is 6.17. The minimum Gasteiger partial charge on any atom is -0.329 e. The van der Waals surface area contributed by atoms with Crippen LogP contribution < -0.4 is 0 Å². The van der Waals surface area contributed by atoms with E-state index in [1.807, 2.05) is 51.5 Å². The molecule has 0 amide bonds. The molecule has 1 N–H and O–H groups in total. The highest BCUT2D eigenvalue weighted by molar-refractivity contribution is 7.47. The fraction of sp³-hybridized carbons (Fsp3) is 0.538. The molecule has 0 radical (unpaired) electrons. The SMILES string of the molecule is C[N+](C)(C)CCOP(=O)(O)OCCc1ccccc1. The maximum Gasteiger partial charge on any atom is 0.472 e. The van der Waals surface area contributed by atoms with Crippen LogP contribution in [0.1, 0.15) is 5.56 Å². The number of likely N-dealkylation sites (N-methyl/N-ethyl adjacent to an activating group) is 1. The third-order valence-corrected chi connectivity index (χ3v) is 3.52. The Hall–Kier alpha value is -0.710. The van der Waals surface area contributed by atoms with E-state index in [1.54, 1.807) is 0 Å². The van der Waals surface area contributed by atoms with Gasteiger partial charge in [0.15, 0.2) is 0 Å². The van der Waals surface area contributed by atoms with Crippen LogP contribution in [0.2, 0.25) is 0 Å². The Labute approximate surface area is 115 Å². The van der Waals surface area contributed by atoms with Gasteiger partial charge in [-0.3, -0.25) is 9.05 Å². The first-order chi connectivity index (χ1) is 8.79. The van der Waals surface area contributed by atoms with E-state index in [9.17, 15) is 9.46 Å². The lowest BCUT2D eigenvalue weighted by atomic mass is 10.2. The Balaban J connectivity index is 2.25. The molecule has 1 rings (SSSR count). The molecule has 0 bridgehead atoms. The molecule has 19 heavy (non-hydrogen) atoms. The van der Waals surface area contributed by atoms with Crippen LogP contribution in [0.3, 0.4) is 0 Å². The van der Waals surface area contributed by atoms with Crippen LogP contribution in [0, 0.1) is 0 Å². The monoisotopic (exact) mass is 288 g/mol. The molecule has 0 aliphatic heterocycles. The summed E-state index contributed by atoms with van der Waals surface area (Å²) in [6, 6.07) is 9.67. The molecular formula is C13H23NO4P+. The number of benzene rings is 1. The molecule has 0 saturated heterocycles. The van der Waals surface area contributed by atoms with Crippen molar-refractivity contribution in [2.24, 2.45) is 0 Å². The zero-order valence-corrected chi connectivity index (χ0v) is 12.7. The quantitative estimate of drug-likeness (QED) is 0.588. The van der Waals surface area contributed by atoms with Gasteiger partial charge in [-0.15, -0.1) is 0 Å². The molecule has 0 aromatic heterocycles. The molecule has 1 unspecified atom stereocenters. The summed E-state index contributed by atoms with van der Waals surface area (Å²) < 4.78 is 22.1. The van der Waals surface area contributed by atoms with E-state index in [2.05, 4.69) is 0 Å². The van der Waals surface area contributed by atoms with Crippen molar-refractivity contribution in [3.8, 4) is 0 Å². The Morgan fingerprint density at radius 2 is 1.68 bits per heavy atom. The number of phosphoric ester groups is 1. The summed E-state index contributed by atoms with van der Waals surface area (Å²) in [4.78, 5) is 9.49. The van der Waals surface area contributed by atoms with Gasteiger partial charge in [0, 0.05) is 0 Å². The average molecular weight is 288 g/mol. The lowest BCUT2D eigenvalue weighted by Gasteiger charge is -2.24. The van der Waals surface area contributed by atoms with Gasteiger partial charge in [0.05, 0.1) is 27.7 Å². The van der Waals surface area contributed by atoms with E-state index in [0.717, 1.165) is 5.56 Å². The van der Waals surface area contributed by atoms with Crippen molar-refractivity contribution in [1.29, 1.82) is 0 Å². The number of phosphoric acid groups is 1. The van der Waals surface area contributed by atoms with Crippen molar-refractivity contribution < 1.29 is 23.0 Å². The van der Waals surface area contributed by atoms with Gasteiger partial charge in [-0.25, -0.2) is 4.57 Å². The minimum absolute atomic E-state index is 0.169. The Bertz CT molecular complexity index is 416. The van der Waals surface area contributed by atoms with Crippen molar-refractivity contribution in [3.05, 3.63) is 35.9 Å². The van der Waals surface area contributed by atoms with Gasteiger partial charge < -0.3 is 9.38 Å². The third kappa shape index (κ3) is 8.14. The smallest absolute Gasteiger partial charge is 0.329 e. The second-order valence-corrected chi connectivity index (χ2v) is 6.84. The molecule has 1 aromatic carbocycles. The van der Waals surface area contributed by atoms with Crippen LogP contribution in [0.25, 0.3) is 0 Å². The van der Waals surface area contributed by atoms with Crippen molar-refractivity contribution in [3.63, 3.8) is 0 Å². The molecular weight excluding hydrogens is 265 g/mol. The molecule has 0 saturated carbocycles. The minimum atomic E-state index is -3.93. The van der Waals surface area contributed by atoms with Crippen molar-refractivity contribution in [2.45, 2.75) is 6.42 Å². The zero-order valence-electron chi connectivity index (χ0n) is 11.8. The first-order valence-corrected chi connectivity index (χ1v) is 7.74. The highest BCUT2D eigenvalue weighted by atomic mass is 31.2. The first kappa shape index (κ1) is 16.3. The van der Waals surface area contributed by atoms with Crippen molar-refractivity contribution in [2.75, 3.05) is 40.9 Å². The number of rotatable bonds is 8. The summed E-state index contributed by atoms with van der Waals surface area (Å²) in [5.41, 5.74) is 1.06. The van der Waals surface area contributed by atoms with E-state index in [-0.39, 0.29) is 13.2 Å². The number of quaternary nitrogens is 1. The number of hydrogen-bond donors (Lipinski definition) is 1. The Morgan fingerprint density at radius 1 is 1.11 bits per heavy atom. The molecule has 1 aromatic rings. The maximum atomic E-state index is 11.6. The highest BCUT2D eigenvalue weighted by Crippen LogP contribution is 2.42. The molecule has 1 atom stereocenters. The van der Waals surface area contributed by atoms with Crippen LogP contribution in [0.15, 0.2) is 30.3 Å². The molecule has 0 spiro atoms. The normalized spacial score (nSPS) is 15.2. The number of hydrogen-bond acceptors (Lipinski definition) is 3. The standard InChI is InChI=1S/C13H22NO4P/c1-14(2,3)10-12-18-19(15,16)17-11-9-13-7-5-4-6-8-13/h4-8H,9-12H2,1-3H3/p+1. The molecule has 0 aliphatic carbocycles. The fourth-order valence-electron chi connectivity index (χ4n) is 1.39. The van der Waals surface area contributed by atoms with Gasteiger partial charge in [-0.05, 0) is 12.0 Å². The van der Waals surface area contributed by atoms with Crippen LogP contribution >= 0.6 is 7.82 Å². The summed E-state index contributed by atoms with van der Waals surface area (Å²) in [6.45, 7) is 1.01. The van der Waals surface area contributed by atoms with Crippen molar-refractivity contribution >= 4 is 7.82 Å². The summed E-state index contributed by atoms with van der Waals surface area (Å²) >= 11 is 0. The zero-order chi connectivity index (χ0) is 14.4. The lowest BCUT2D eigenvalue weighted by Crippen LogP contribution is -2.37. The molecule has 5 nitrogen and oxygen atoms in total. The topological polar surface area (TPSA) is 55.8 Å². The van der Waals surface area contributed by atoms with Gasteiger partial charge >= 0.3 is 7.82 Å². The summed E-state index contributed by atoms with van der Waals surface area (Å²) in [6.07, 6.45) is 0.587. The van der Waals surface area contributed by atoms with Gasteiger partial charge in [0.25, 0.3) is 0 Å². The summed E-state index contributed by atoms with van der Waals surface area (Å²) in [5, 5.41) is 0. The number of nitrogens with zero attached hydrogens (tertiary/aromatic N) is 1. The van der Waals surface area contributed by atoms with E-state index < -0.39 is 7.82 Å².